The van der Waals surface area contributed by atoms with Crippen molar-refractivity contribution in [2.45, 2.75) is 37.0 Å². The van der Waals surface area contributed by atoms with Crippen LogP contribution in [0.3, 0.4) is 0 Å². The van der Waals surface area contributed by atoms with Gasteiger partial charge in [0.2, 0.25) is 10.0 Å². The molecule has 0 spiro atoms. The lowest BCUT2D eigenvalue weighted by molar-refractivity contribution is 0.133. The smallest absolute Gasteiger partial charge is 0.238 e. The SMILES string of the molecule is N#Cc1cnn(-c2ccccc2NS(=O)(=O)C2CCCCC2O)c1N. The molecule has 0 amide bonds. The first-order chi connectivity index (χ1) is 11.9. The van der Waals surface area contributed by atoms with Crippen molar-refractivity contribution >= 4 is 21.5 Å². The van der Waals surface area contributed by atoms with Gasteiger partial charge in [0.25, 0.3) is 0 Å². The Labute approximate surface area is 145 Å². The minimum absolute atomic E-state index is 0.131. The van der Waals surface area contributed by atoms with Crippen LogP contribution in [0.5, 0.6) is 0 Å². The maximum absolute atomic E-state index is 12.7. The second kappa shape index (κ2) is 6.74. The molecule has 9 heteroatoms. The van der Waals surface area contributed by atoms with Crippen molar-refractivity contribution in [3.8, 4) is 11.8 Å². The van der Waals surface area contributed by atoms with Crippen molar-refractivity contribution in [1.29, 1.82) is 5.26 Å². The van der Waals surface area contributed by atoms with Crippen LogP contribution in [-0.2, 0) is 10.0 Å². The number of para-hydroxylation sites is 2. The number of nitrogens with two attached hydrogens (primary N) is 1. The molecule has 1 aromatic heterocycles. The molecular weight excluding hydrogens is 342 g/mol. The molecular formula is C16H19N5O3S. The molecule has 4 N–H and O–H groups in total. The summed E-state index contributed by atoms with van der Waals surface area (Å²) in [6, 6.07) is 8.58. The van der Waals surface area contributed by atoms with Crippen LogP contribution in [0.4, 0.5) is 11.5 Å². The summed E-state index contributed by atoms with van der Waals surface area (Å²) in [5.74, 6) is 0.131. The van der Waals surface area contributed by atoms with Gasteiger partial charge in [0.1, 0.15) is 22.7 Å². The summed E-state index contributed by atoms with van der Waals surface area (Å²) in [5, 5.41) is 22.3. The summed E-state index contributed by atoms with van der Waals surface area (Å²) in [6.07, 6.45) is 2.93. The van der Waals surface area contributed by atoms with Gasteiger partial charge in [0.15, 0.2) is 0 Å². The minimum Gasteiger partial charge on any atom is -0.392 e. The Balaban J connectivity index is 1.96. The average Bonchev–Trinajstić information content (AvgIpc) is 2.96. The van der Waals surface area contributed by atoms with E-state index in [0.29, 0.717) is 24.2 Å². The zero-order valence-electron chi connectivity index (χ0n) is 13.5. The number of aliphatic hydroxyl groups excluding tert-OH is 1. The van der Waals surface area contributed by atoms with Gasteiger partial charge >= 0.3 is 0 Å². The number of nitrogens with zero attached hydrogens (tertiary/aromatic N) is 3. The number of nitrogen functional groups attached to an aromatic ring is 1. The van der Waals surface area contributed by atoms with Crippen LogP contribution in [0.15, 0.2) is 30.5 Å². The van der Waals surface area contributed by atoms with Crippen molar-refractivity contribution in [2.24, 2.45) is 0 Å². The molecule has 0 bridgehead atoms. The Hall–Kier alpha value is -2.57. The monoisotopic (exact) mass is 361 g/mol. The van der Waals surface area contributed by atoms with Crippen LogP contribution >= 0.6 is 0 Å². The van der Waals surface area contributed by atoms with Crippen LogP contribution < -0.4 is 10.5 Å². The van der Waals surface area contributed by atoms with Gasteiger partial charge in [-0.1, -0.05) is 25.0 Å². The Morgan fingerprint density at radius 1 is 1.32 bits per heavy atom. The van der Waals surface area contributed by atoms with Crippen LogP contribution in [0.25, 0.3) is 5.69 Å². The van der Waals surface area contributed by atoms with Gasteiger partial charge in [-0.15, -0.1) is 0 Å². The number of nitriles is 1. The number of nitrogens with one attached hydrogen (secondary N) is 1. The molecule has 1 heterocycles. The van der Waals surface area contributed by atoms with Crippen LogP contribution in [0, 0.1) is 11.3 Å². The molecule has 8 nitrogen and oxygen atoms in total. The highest BCUT2D eigenvalue weighted by molar-refractivity contribution is 7.93. The largest absolute Gasteiger partial charge is 0.392 e. The van der Waals surface area contributed by atoms with Gasteiger partial charge in [-0.2, -0.15) is 10.4 Å². The molecule has 0 radical (unpaired) electrons. The third-order valence-corrected chi connectivity index (χ3v) is 6.23. The number of hydrogen-bond donors (Lipinski definition) is 3. The van der Waals surface area contributed by atoms with Gasteiger partial charge in [0.05, 0.1) is 23.7 Å². The molecule has 2 unspecified atom stereocenters. The second-order valence-corrected chi connectivity index (χ2v) is 7.92. The van der Waals surface area contributed by atoms with E-state index in [9.17, 15) is 13.5 Å². The number of aromatic nitrogens is 2. The summed E-state index contributed by atoms with van der Waals surface area (Å²) in [4.78, 5) is 0. The topological polar surface area (TPSA) is 134 Å². The number of sulfonamides is 1. The number of hydrogen-bond acceptors (Lipinski definition) is 6. The van der Waals surface area contributed by atoms with E-state index >= 15 is 0 Å². The molecule has 1 aliphatic rings. The van der Waals surface area contributed by atoms with Crippen molar-refractivity contribution < 1.29 is 13.5 Å². The quantitative estimate of drug-likeness (QED) is 0.753. The van der Waals surface area contributed by atoms with E-state index in [1.165, 1.54) is 10.9 Å². The zero-order valence-corrected chi connectivity index (χ0v) is 14.3. The molecule has 132 valence electrons. The van der Waals surface area contributed by atoms with Gasteiger partial charge in [-0.25, -0.2) is 13.1 Å². The predicted molar refractivity (Wildman–Crippen MR) is 93.5 cm³/mol. The Bertz CT molecular complexity index is 916. The van der Waals surface area contributed by atoms with Crippen molar-refractivity contribution in [3.63, 3.8) is 0 Å². The standard InChI is InChI=1S/C16H19N5O3S/c17-9-11-10-19-21(16(11)18)13-6-2-1-5-12(13)20-25(23,24)15-8-4-3-7-14(15)22/h1-2,5-6,10,14-15,20,22H,3-4,7-8,18H2. The van der Waals surface area contributed by atoms with E-state index in [-0.39, 0.29) is 11.4 Å². The molecule has 1 saturated carbocycles. The van der Waals surface area contributed by atoms with Gasteiger partial charge in [-0.05, 0) is 25.0 Å². The Morgan fingerprint density at radius 2 is 2.04 bits per heavy atom. The normalized spacial score (nSPS) is 20.8. The van der Waals surface area contributed by atoms with Crippen LogP contribution in [0.1, 0.15) is 31.2 Å². The van der Waals surface area contributed by atoms with E-state index < -0.39 is 21.4 Å². The molecule has 2 aromatic rings. The van der Waals surface area contributed by atoms with E-state index in [1.807, 2.05) is 6.07 Å². The lowest BCUT2D eigenvalue weighted by Gasteiger charge is -2.28. The molecule has 3 rings (SSSR count). The molecule has 1 fully saturated rings. The van der Waals surface area contributed by atoms with E-state index in [1.54, 1.807) is 24.3 Å². The maximum atomic E-state index is 12.7. The fraction of sp³-hybridized carbons (Fsp3) is 0.375. The lowest BCUT2D eigenvalue weighted by Crippen LogP contribution is -2.40. The van der Waals surface area contributed by atoms with Crippen LogP contribution in [0.2, 0.25) is 0 Å². The fourth-order valence-corrected chi connectivity index (χ4v) is 4.71. The summed E-state index contributed by atoms with van der Waals surface area (Å²) < 4.78 is 29.3. The molecule has 25 heavy (non-hydrogen) atoms. The van der Waals surface area contributed by atoms with Gasteiger partial charge in [-0.3, -0.25) is 4.72 Å². The third kappa shape index (κ3) is 3.31. The Kier molecular flexibility index (Phi) is 4.65. The van der Waals surface area contributed by atoms with E-state index in [0.717, 1.165) is 12.8 Å². The molecule has 2 atom stereocenters. The van der Waals surface area contributed by atoms with Gasteiger partial charge in [0, 0.05) is 0 Å². The van der Waals surface area contributed by atoms with Crippen molar-refractivity contribution in [3.05, 3.63) is 36.0 Å². The first-order valence-corrected chi connectivity index (χ1v) is 9.51. The minimum atomic E-state index is -3.77. The highest BCUT2D eigenvalue weighted by Crippen LogP contribution is 2.29. The fourth-order valence-electron chi connectivity index (χ4n) is 3.05. The molecule has 1 aromatic carbocycles. The molecule has 1 aliphatic carbocycles. The van der Waals surface area contributed by atoms with Crippen molar-refractivity contribution in [1.82, 2.24) is 9.78 Å². The molecule has 0 aliphatic heterocycles. The number of anilines is 2. The highest BCUT2D eigenvalue weighted by atomic mass is 32.2. The van der Waals surface area contributed by atoms with Gasteiger partial charge < -0.3 is 10.8 Å². The number of rotatable bonds is 4. The summed E-state index contributed by atoms with van der Waals surface area (Å²) in [5.41, 5.74) is 6.82. The first-order valence-electron chi connectivity index (χ1n) is 7.96. The second-order valence-electron chi connectivity index (χ2n) is 6.02. The van der Waals surface area contributed by atoms with E-state index in [4.69, 9.17) is 11.0 Å². The number of benzene rings is 1. The average molecular weight is 361 g/mol. The summed E-state index contributed by atoms with van der Waals surface area (Å²) in [7, 11) is -3.77. The lowest BCUT2D eigenvalue weighted by atomic mass is 9.97. The third-order valence-electron chi connectivity index (χ3n) is 4.38. The Morgan fingerprint density at radius 3 is 2.72 bits per heavy atom. The number of aliphatic hydroxyl groups is 1. The maximum Gasteiger partial charge on any atom is 0.238 e. The van der Waals surface area contributed by atoms with E-state index in [2.05, 4.69) is 9.82 Å². The predicted octanol–water partition coefficient (Wildman–Crippen LogP) is 1.37. The summed E-state index contributed by atoms with van der Waals surface area (Å²) in [6.45, 7) is 0. The highest BCUT2D eigenvalue weighted by Gasteiger charge is 2.35. The molecule has 0 saturated heterocycles. The summed E-state index contributed by atoms with van der Waals surface area (Å²) >= 11 is 0. The van der Waals surface area contributed by atoms with Crippen molar-refractivity contribution in [2.75, 3.05) is 10.5 Å². The zero-order chi connectivity index (χ0) is 18.0. The van der Waals surface area contributed by atoms with Crippen LogP contribution in [-0.4, -0.2) is 34.7 Å². The first kappa shape index (κ1) is 17.3.